The van der Waals surface area contributed by atoms with Crippen LogP contribution in [-0.4, -0.2) is 24.7 Å². The Balaban J connectivity index is 1.32. The number of rotatable bonds is 6. The van der Waals surface area contributed by atoms with E-state index in [9.17, 15) is 4.39 Å². The molecule has 2 heterocycles. The van der Waals surface area contributed by atoms with Crippen molar-refractivity contribution in [2.45, 2.75) is 13.1 Å². The summed E-state index contributed by atoms with van der Waals surface area (Å²) in [6, 6.07) is 15.8. The first-order valence-electron chi connectivity index (χ1n) is 9.17. The highest BCUT2D eigenvalue weighted by Gasteiger charge is 2.06. The third kappa shape index (κ3) is 5.22. The van der Waals surface area contributed by atoms with Crippen molar-refractivity contribution in [2.75, 3.05) is 10.6 Å². The van der Waals surface area contributed by atoms with Crippen LogP contribution in [0.5, 0.6) is 0 Å². The normalized spacial score (nSPS) is 10.7. The minimum atomic E-state index is -0.256. The Hall–Kier alpha value is -3.23. The standard InChI is InChI=1S/C21H18ClFN6S/c22-19-4-2-1-3-16(19)13-29-14-18(11-24-29)25-21(30)26-20-9-10-28(27-20)12-15-5-7-17(23)8-6-15/h1-11,14H,12-13H2,(H2,25,26,27,30). The van der Waals surface area contributed by atoms with Gasteiger partial charge in [-0.15, -0.1) is 0 Å². The topological polar surface area (TPSA) is 59.7 Å². The molecule has 0 saturated heterocycles. The quantitative estimate of drug-likeness (QED) is 0.423. The Labute approximate surface area is 183 Å². The second kappa shape index (κ2) is 9.06. The number of nitrogens with zero attached hydrogens (tertiary/aromatic N) is 4. The summed E-state index contributed by atoms with van der Waals surface area (Å²) >= 11 is 11.6. The average Bonchev–Trinajstić information content (AvgIpc) is 3.35. The number of halogens is 2. The molecule has 152 valence electrons. The fraction of sp³-hybridized carbons (Fsp3) is 0.0952. The monoisotopic (exact) mass is 440 g/mol. The molecule has 0 unspecified atom stereocenters. The molecule has 0 bridgehead atoms. The molecule has 2 aromatic carbocycles. The van der Waals surface area contributed by atoms with Gasteiger partial charge in [0.25, 0.3) is 0 Å². The van der Waals surface area contributed by atoms with Gasteiger partial charge >= 0.3 is 0 Å². The molecule has 9 heteroatoms. The zero-order valence-electron chi connectivity index (χ0n) is 15.8. The van der Waals surface area contributed by atoms with Crippen LogP contribution < -0.4 is 10.6 Å². The Bertz CT molecular complexity index is 1150. The minimum absolute atomic E-state index is 0.256. The van der Waals surface area contributed by atoms with Crippen molar-refractivity contribution < 1.29 is 4.39 Å². The Kier molecular flexibility index (Phi) is 6.06. The highest BCUT2D eigenvalue weighted by Crippen LogP contribution is 2.17. The zero-order valence-corrected chi connectivity index (χ0v) is 17.4. The Morgan fingerprint density at radius 1 is 1.00 bits per heavy atom. The van der Waals surface area contributed by atoms with Gasteiger partial charge in [0.05, 0.1) is 25.0 Å². The molecule has 6 nitrogen and oxygen atoms in total. The SMILES string of the molecule is Fc1ccc(Cn2ccc(NC(=S)Nc3cnn(Cc4ccccc4Cl)c3)n2)cc1. The van der Waals surface area contributed by atoms with E-state index in [1.165, 1.54) is 12.1 Å². The van der Waals surface area contributed by atoms with Crippen LogP contribution >= 0.6 is 23.8 Å². The molecule has 0 radical (unpaired) electrons. The number of benzene rings is 2. The van der Waals surface area contributed by atoms with E-state index in [0.717, 1.165) is 16.8 Å². The molecule has 2 aromatic heterocycles. The molecule has 0 aliphatic heterocycles. The molecule has 0 spiro atoms. The van der Waals surface area contributed by atoms with E-state index in [0.29, 0.717) is 29.0 Å². The Morgan fingerprint density at radius 3 is 2.60 bits per heavy atom. The smallest absolute Gasteiger partial charge is 0.176 e. The first-order chi connectivity index (χ1) is 14.5. The van der Waals surface area contributed by atoms with E-state index in [-0.39, 0.29) is 5.82 Å². The summed E-state index contributed by atoms with van der Waals surface area (Å²) in [4.78, 5) is 0. The van der Waals surface area contributed by atoms with Crippen molar-refractivity contribution >= 4 is 40.4 Å². The first kappa shape index (κ1) is 20.1. The summed E-state index contributed by atoms with van der Waals surface area (Å²) in [5.41, 5.74) is 2.70. The molecular weight excluding hydrogens is 423 g/mol. The molecule has 30 heavy (non-hydrogen) atoms. The maximum Gasteiger partial charge on any atom is 0.176 e. The lowest BCUT2D eigenvalue weighted by Crippen LogP contribution is -2.19. The van der Waals surface area contributed by atoms with E-state index in [1.807, 2.05) is 42.7 Å². The molecule has 2 N–H and O–H groups in total. The number of thiocarbonyl (C=S) groups is 1. The predicted molar refractivity (Wildman–Crippen MR) is 120 cm³/mol. The maximum absolute atomic E-state index is 13.0. The van der Waals surface area contributed by atoms with Gasteiger partial charge in [0.1, 0.15) is 5.82 Å². The van der Waals surface area contributed by atoms with E-state index in [1.54, 1.807) is 27.7 Å². The third-order valence-corrected chi connectivity index (χ3v) is 4.89. The van der Waals surface area contributed by atoms with E-state index in [2.05, 4.69) is 20.8 Å². The maximum atomic E-state index is 13.0. The third-order valence-electron chi connectivity index (χ3n) is 4.32. The van der Waals surface area contributed by atoms with Crippen molar-refractivity contribution in [2.24, 2.45) is 0 Å². The van der Waals surface area contributed by atoms with Crippen molar-refractivity contribution in [3.8, 4) is 0 Å². The highest BCUT2D eigenvalue weighted by molar-refractivity contribution is 7.80. The van der Waals surface area contributed by atoms with Gasteiger partial charge in [-0.3, -0.25) is 9.36 Å². The van der Waals surface area contributed by atoms with Gasteiger partial charge in [-0.2, -0.15) is 10.2 Å². The number of hydrogen-bond donors (Lipinski definition) is 2. The van der Waals surface area contributed by atoms with Gasteiger partial charge in [-0.1, -0.05) is 41.9 Å². The molecule has 0 aliphatic rings. The minimum Gasteiger partial charge on any atom is -0.330 e. The lowest BCUT2D eigenvalue weighted by molar-refractivity contribution is 0.624. The first-order valence-corrected chi connectivity index (χ1v) is 9.95. The van der Waals surface area contributed by atoms with Crippen molar-refractivity contribution in [3.05, 3.63) is 95.2 Å². The molecule has 0 saturated carbocycles. The predicted octanol–water partition coefficient (Wildman–Crippen LogP) is 4.78. The van der Waals surface area contributed by atoms with Crippen LogP contribution in [0.15, 0.2) is 73.2 Å². The average molecular weight is 441 g/mol. The molecule has 0 amide bonds. The lowest BCUT2D eigenvalue weighted by Gasteiger charge is -2.07. The van der Waals surface area contributed by atoms with Gasteiger partial charge in [0.2, 0.25) is 0 Å². The molecule has 0 aliphatic carbocycles. The van der Waals surface area contributed by atoms with Crippen molar-refractivity contribution in [1.29, 1.82) is 0 Å². The fourth-order valence-electron chi connectivity index (χ4n) is 2.89. The second-order valence-electron chi connectivity index (χ2n) is 6.62. The molecular formula is C21H18ClFN6S. The van der Waals surface area contributed by atoms with Gasteiger partial charge < -0.3 is 10.6 Å². The summed E-state index contributed by atoms with van der Waals surface area (Å²) in [5, 5.41) is 16.0. The highest BCUT2D eigenvalue weighted by atomic mass is 35.5. The summed E-state index contributed by atoms with van der Waals surface area (Å²) in [7, 11) is 0. The van der Waals surface area contributed by atoms with Crippen LogP contribution in [-0.2, 0) is 13.1 Å². The summed E-state index contributed by atoms with van der Waals surface area (Å²) in [5.74, 6) is 0.353. The number of nitrogens with one attached hydrogen (secondary N) is 2. The number of aromatic nitrogens is 4. The lowest BCUT2D eigenvalue weighted by atomic mass is 10.2. The van der Waals surface area contributed by atoms with Crippen LogP contribution in [0.1, 0.15) is 11.1 Å². The van der Waals surface area contributed by atoms with Crippen LogP contribution in [0.25, 0.3) is 0 Å². The molecule has 4 rings (SSSR count). The van der Waals surface area contributed by atoms with Gasteiger partial charge in [-0.05, 0) is 41.5 Å². The van der Waals surface area contributed by atoms with Gasteiger partial charge in [0.15, 0.2) is 10.9 Å². The second-order valence-corrected chi connectivity index (χ2v) is 7.44. The van der Waals surface area contributed by atoms with Crippen LogP contribution in [0.2, 0.25) is 5.02 Å². The molecule has 0 fully saturated rings. The molecule has 4 aromatic rings. The van der Waals surface area contributed by atoms with Crippen LogP contribution in [0.4, 0.5) is 15.9 Å². The van der Waals surface area contributed by atoms with Crippen molar-refractivity contribution in [1.82, 2.24) is 19.6 Å². The summed E-state index contributed by atoms with van der Waals surface area (Å²) in [6.07, 6.45) is 5.37. The van der Waals surface area contributed by atoms with E-state index in [4.69, 9.17) is 23.8 Å². The van der Waals surface area contributed by atoms with Crippen LogP contribution in [0, 0.1) is 5.82 Å². The van der Waals surface area contributed by atoms with E-state index < -0.39 is 0 Å². The number of anilines is 2. The summed E-state index contributed by atoms with van der Waals surface area (Å²) < 4.78 is 16.5. The fourth-order valence-corrected chi connectivity index (χ4v) is 3.31. The largest absolute Gasteiger partial charge is 0.330 e. The van der Waals surface area contributed by atoms with Crippen molar-refractivity contribution in [3.63, 3.8) is 0 Å². The summed E-state index contributed by atoms with van der Waals surface area (Å²) in [6.45, 7) is 1.10. The van der Waals surface area contributed by atoms with Gasteiger partial charge in [-0.25, -0.2) is 4.39 Å². The van der Waals surface area contributed by atoms with Gasteiger partial charge in [0, 0.05) is 23.5 Å². The van der Waals surface area contributed by atoms with Crippen LogP contribution in [0.3, 0.4) is 0 Å². The zero-order chi connectivity index (χ0) is 20.9. The number of hydrogen-bond acceptors (Lipinski definition) is 3. The Morgan fingerprint density at radius 2 is 1.80 bits per heavy atom. The molecule has 0 atom stereocenters. The van der Waals surface area contributed by atoms with E-state index >= 15 is 0 Å².